The van der Waals surface area contributed by atoms with Gasteiger partial charge < -0.3 is 5.32 Å². The molecule has 3 rings (SSSR count). The average molecular weight is 368 g/mol. The zero-order valence-electron chi connectivity index (χ0n) is 14.5. The number of benzene rings is 1. The van der Waals surface area contributed by atoms with Gasteiger partial charge in [0.15, 0.2) is 0 Å². The molecule has 9 heteroatoms. The second-order valence-electron chi connectivity index (χ2n) is 6.11. The van der Waals surface area contributed by atoms with Crippen LogP contribution in [0.5, 0.6) is 0 Å². The van der Waals surface area contributed by atoms with Crippen LogP contribution in [-0.4, -0.2) is 32.5 Å². The van der Waals surface area contributed by atoms with Crippen molar-refractivity contribution in [2.24, 2.45) is 0 Å². The van der Waals surface area contributed by atoms with Crippen molar-refractivity contribution in [2.45, 2.75) is 26.3 Å². The van der Waals surface area contributed by atoms with Gasteiger partial charge in [0.05, 0.1) is 22.7 Å². The maximum absolute atomic E-state index is 12.4. The number of carbonyl (C=O) groups excluding carboxylic acids is 3. The summed E-state index contributed by atoms with van der Waals surface area (Å²) in [5.41, 5.74) is 1.46. The van der Waals surface area contributed by atoms with Crippen molar-refractivity contribution < 1.29 is 19.3 Å². The third-order valence-electron chi connectivity index (χ3n) is 4.24. The van der Waals surface area contributed by atoms with E-state index in [1.54, 1.807) is 31.2 Å². The van der Waals surface area contributed by atoms with Crippen LogP contribution in [0.2, 0.25) is 0 Å². The van der Waals surface area contributed by atoms with E-state index < -0.39 is 10.8 Å². The number of hydrogen-bond donors (Lipinski definition) is 1. The number of amides is 3. The highest BCUT2D eigenvalue weighted by molar-refractivity contribution is 6.05. The molecule has 0 radical (unpaired) electrons. The third kappa shape index (κ3) is 3.97. The van der Waals surface area contributed by atoms with Gasteiger partial charge in [-0.1, -0.05) is 12.1 Å². The number of aromatic nitrogens is 1. The summed E-state index contributed by atoms with van der Waals surface area (Å²) in [4.78, 5) is 51.0. The summed E-state index contributed by atoms with van der Waals surface area (Å²) in [6.07, 6.45) is 1.58. The molecular weight excluding hydrogens is 352 g/mol. The maximum atomic E-state index is 12.4. The summed E-state index contributed by atoms with van der Waals surface area (Å²) >= 11 is 0. The standard InChI is InChI=1S/C18H16N4O5/c1-11-15(8-14(9-19-11)22(26)27)18(25)20-13-4-2-12(3-5-13)10-21-16(23)6-7-17(21)24/h2-5,8-9H,6-7,10H2,1H3,(H,20,25). The second kappa shape index (κ2) is 7.32. The van der Waals surface area contributed by atoms with Crippen LogP contribution in [0, 0.1) is 17.0 Å². The molecule has 1 saturated heterocycles. The highest BCUT2D eigenvalue weighted by Crippen LogP contribution is 2.19. The quantitative estimate of drug-likeness (QED) is 0.490. The number of carbonyl (C=O) groups is 3. The number of aryl methyl sites for hydroxylation is 1. The van der Waals surface area contributed by atoms with E-state index >= 15 is 0 Å². The van der Waals surface area contributed by atoms with E-state index in [-0.39, 0.29) is 42.5 Å². The van der Waals surface area contributed by atoms with E-state index in [1.807, 2.05) is 0 Å². The molecule has 1 aromatic heterocycles. The molecule has 27 heavy (non-hydrogen) atoms. The van der Waals surface area contributed by atoms with Crippen molar-refractivity contribution >= 4 is 29.1 Å². The minimum absolute atomic E-state index is 0.113. The van der Waals surface area contributed by atoms with E-state index in [4.69, 9.17) is 0 Å². The number of anilines is 1. The lowest BCUT2D eigenvalue weighted by molar-refractivity contribution is -0.385. The predicted molar refractivity (Wildman–Crippen MR) is 94.8 cm³/mol. The van der Waals surface area contributed by atoms with Crippen molar-refractivity contribution in [2.75, 3.05) is 5.32 Å². The molecule has 1 aliphatic heterocycles. The first kappa shape index (κ1) is 18.2. The fourth-order valence-corrected chi connectivity index (χ4v) is 2.73. The van der Waals surface area contributed by atoms with Gasteiger partial charge in [-0.3, -0.25) is 34.4 Å². The Hall–Kier alpha value is -3.62. The Morgan fingerprint density at radius 2 is 1.85 bits per heavy atom. The van der Waals surface area contributed by atoms with Crippen LogP contribution in [0.15, 0.2) is 36.5 Å². The van der Waals surface area contributed by atoms with Gasteiger partial charge in [0, 0.05) is 24.6 Å². The Morgan fingerprint density at radius 3 is 2.44 bits per heavy atom. The molecule has 2 aromatic rings. The number of nitro groups is 1. The summed E-state index contributed by atoms with van der Waals surface area (Å²) in [6.45, 7) is 1.78. The first-order valence-corrected chi connectivity index (χ1v) is 8.19. The first-order valence-electron chi connectivity index (χ1n) is 8.19. The van der Waals surface area contributed by atoms with Gasteiger partial charge in [0.2, 0.25) is 11.8 Å². The lowest BCUT2D eigenvalue weighted by Crippen LogP contribution is -2.28. The number of nitrogens with zero attached hydrogens (tertiary/aromatic N) is 3. The minimum atomic E-state index is -0.612. The molecule has 1 N–H and O–H groups in total. The number of hydrogen-bond acceptors (Lipinski definition) is 6. The fourth-order valence-electron chi connectivity index (χ4n) is 2.73. The molecule has 2 heterocycles. The van der Waals surface area contributed by atoms with Crippen LogP contribution < -0.4 is 5.32 Å². The molecule has 138 valence electrons. The molecule has 1 aromatic carbocycles. The number of pyridine rings is 1. The van der Waals surface area contributed by atoms with E-state index in [9.17, 15) is 24.5 Å². The van der Waals surface area contributed by atoms with Crippen LogP contribution in [-0.2, 0) is 16.1 Å². The number of likely N-dealkylation sites (tertiary alicyclic amines) is 1. The Labute approximate surface area is 154 Å². The molecule has 0 bridgehead atoms. The molecule has 0 unspecified atom stereocenters. The largest absolute Gasteiger partial charge is 0.322 e. The summed E-state index contributed by atoms with van der Waals surface area (Å²) in [5, 5.41) is 13.5. The lowest BCUT2D eigenvalue weighted by atomic mass is 10.1. The molecular formula is C18H16N4O5. The summed E-state index contributed by atoms with van der Waals surface area (Å²) in [6, 6.07) is 7.85. The minimum Gasteiger partial charge on any atom is -0.322 e. The molecule has 0 aliphatic carbocycles. The molecule has 0 spiro atoms. The summed E-state index contributed by atoms with van der Waals surface area (Å²) in [7, 11) is 0. The van der Waals surface area contributed by atoms with Gasteiger partial charge in [-0.05, 0) is 24.6 Å². The number of imide groups is 1. The lowest BCUT2D eigenvalue weighted by Gasteiger charge is -2.14. The molecule has 0 saturated carbocycles. The molecule has 1 aliphatic rings. The summed E-state index contributed by atoms with van der Waals surface area (Å²) in [5.74, 6) is -0.890. The van der Waals surface area contributed by atoms with Gasteiger partial charge in [0.1, 0.15) is 6.20 Å². The Balaban J connectivity index is 1.70. The van der Waals surface area contributed by atoms with E-state index in [0.717, 1.165) is 11.8 Å². The van der Waals surface area contributed by atoms with Crippen LogP contribution >= 0.6 is 0 Å². The highest BCUT2D eigenvalue weighted by Gasteiger charge is 2.28. The zero-order chi connectivity index (χ0) is 19.6. The van der Waals surface area contributed by atoms with E-state index in [0.29, 0.717) is 11.4 Å². The van der Waals surface area contributed by atoms with Crippen LogP contribution in [0.1, 0.15) is 34.5 Å². The topological polar surface area (TPSA) is 123 Å². The van der Waals surface area contributed by atoms with Gasteiger partial charge in [0.25, 0.3) is 11.6 Å². The molecule has 9 nitrogen and oxygen atoms in total. The molecule has 0 atom stereocenters. The van der Waals surface area contributed by atoms with Crippen molar-refractivity contribution in [3.05, 3.63) is 63.5 Å². The SMILES string of the molecule is Cc1ncc([N+](=O)[O-])cc1C(=O)Nc1ccc(CN2C(=O)CCC2=O)cc1. The van der Waals surface area contributed by atoms with E-state index in [1.165, 1.54) is 11.0 Å². The van der Waals surface area contributed by atoms with E-state index in [2.05, 4.69) is 10.3 Å². The van der Waals surface area contributed by atoms with Crippen LogP contribution in [0.3, 0.4) is 0 Å². The van der Waals surface area contributed by atoms with Crippen molar-refractivity contribution in [1.29, 1.82) is 0 Å². The zero-order valence-corrected chi connectivity index (χ0v) is 14.5. The first-order chi connectivity index (χ1) is 12.8. The van der Waals surface area contributed by atoms with Crippen LogP contribution in [0.4, 0.5) is 11.4 Å². The molecule has 1 fully saturated rings. The fraction of sp³-hybridized carbons (Fsp3) is 0.222. The van der Waals surface area contributed by atoms with Crippen molar-refractivity contribution in [3.63, 3.8) is 0 Å². The second-order valence-corrected chi connectivity index (χ2v) is 6.11. The Bertz CT molecular complexity index is 923. The summed E-state index contributed by atoms with van der Waals surface area (Å²) < 4.78 is 0. The van der Waals surface area contributed by atoms with Crippen LogP contribution in [0.25, 0.3) is 0 Å². The number of rotatable bonds is 5. The van der Waals surface area contributed by atoms with Gasteiger partial charge in [-0.15, -0.1) is 0 Å². The maximum Gasteiger partial charge on any atom is 0.288 e. The average Bonchev–Trinajstić information content (AvgIpc) is 2.95. The van der Waals surface area contributed by atoms with Gasteiger partial charge in [-0.25, -0.2) is 0 Å². The predicted octanol–water partition coefficient (Wildman–Crippen LogP) is 2.20. The van der Waals surface area contributed by atoms with Gasteiger partial charge >= 0.3 is 0 Å². The Kier molecular flexibility index (Phi) is 4.93. The number of nitrogens with one attached hydrogen (secondary N) is 1. The smallest absolute Gasteiger partial charge is 0.288 e. The Morgan fingerprint density at radius 1 is 1.22 bits per heavy atom. The third-order valence-corrected chi connectivity index (χ3v) is 4.24. The van der Waals surface area contributed by atoms with Crippen molar-refractivity contribution in [1.82, 2.24) is 9.88 Å². The normalized spacial score (nSPS) is 13.7. The highest BCUT2D eigenvalue weighted by atomic mass is 16.6. The molecule has 3 amide bonds. The van der Waals surface area contributed by atoms with Gasteiger partial charge in [-0.2, -0.15) is 0 Å². The monoisotopic (exact) mass is 368 g/mol. The van der Waals surface area contributed by atoms with Crippen molar-refractivity contribution in [3.8, 4) is 0 Å².